The number of rotatable bonds is 8. The van der Waals surface area contributed by atoms with Crippen LogP contribution in [-0.2, 0) is 16.0 Å². The summed E-state index contributed by atoms with van der Waals surface area (Å²) in [7, 11) is 0. The molecular weight excluding hydrogens is 290 g/mol. The van der Waals surface area contributed by atoms with Gasteiger partial charge in [0, 0.05) is 12.8 Å². The predicted octanol–water partition coefficient (Wildman–Crippen LogP) is 1.63. The third kappa shape index (κ3) is 4.18. The fourth-order valence-electron chi connectivity index (χ4n) is 1.90. The Hall–Kier alpha value is -2.64. The highest BCUT2D eigenvalue weighted by Crippen LogP contribution is 2.16. The molecule has 1 amide bonds. The number of carbonyl (C=O) groups is 2. The quantitative estimate of drug-likeness (QED) is 0.760. The summed E-state index contributed by atoms with van der Waals surface area (Å²) < 4.78 is 9.96. The zero-order valence-electron chi connectivity index (χ0n) is 12.1. The van der Waals surface area contributed by atoms with Crippen LogP contribution in [0.3, 0.4) is 0 Å². The van der Waals surface area contributed by atoms with Gasteiger partial charge in [0.25, 0.3) is 0 Å². The molecule has 0 aliphatic heterocycles. The number of aliphatic carboxylic acids is 1. The first-order valence-corrected chi connectivity index (χ1v) is 6.97. The number of aromatic nitrogens is 2. The first-order valence-electron chi connectivity index (χ1n) is 6.97. The van der Waals surface area contributed by atoms with Gasteiger partial charge in [0.1, 0.15) is 12.3 Å². The summed E-state index contributed by atoms with van der Waals surface area (Å²) in [5, 5.41) is 15.2. The third-order valence-corrected chi connectivity index (χ3v) is 3.02. The first-order chi connectivity index (χ1) is 10.6. The summed E-state index contributed by atoms with van der Waals surface area (Å²) in [5.41, 5.74) is 0.688. The lowest BCUT2D eigenvalue weighted by Crippen LogP contribution is -2.40. The second-order valence-electron chi connectivity index (χ2n) is 4.77. The van der Waals surface area contributed by atoms with Crippen molar-refractivity contribution in [3.05, 3.63) is 24.5 Å². The van der Waals surface area contributed by atoms with Gasteiger partial charge < -0.3 is 19.4 Å². The van der Waals surface area contributed by atoms with Gasteiger partial charge in [0.15, 0.2) is 0 Å². The summed E-state index contributed by atoms with van der Waals surface area (Å²) in [4.78, 5) is 26.9. The van der Waals surface area contributed by atoms with Crippen molar-refractivity contribution in [1.82, 2.24) is 15.5 Å². The van der Waals surface area contributed by atoms with E-state index in [0.717, 1.165) is 0 Å². The fraction of sp³-hybridized carbons (Fsp3) is 0.429. The monoisotopic (exact) mass is 307 g/mol. The summed E-state index contributed by atoms with van der Waals surface area (Å²) >= 11 is 0. The molecule has 118 valence electrons. The SMILES string of the molecule is CCCC(NC(=O)CCc1nc(-c2ccoc2)no1)C(=O)O. The van der Waals surface area contributed by atoms with E-state index in [1.54, 1.807) is 6.07 Å². The normalized spacial score (nSPS) is 12.0. The largest absolute Gasteiger partial charge is 0.480 e. The molecule has 0 bridgehead atoms. The van der Waals surface area contributed by atoms with Crippen LogP contribution in [0.1, 0.15) is 32.1 Å². The van der Waals surface area contributed by atoms with E-state index in [-0.39, 0.29) is 18.7 Å². The second kappa shape index (κ2) is 7.39. The van der Waals surface area contributed by atoms with Crippen molar-refractivity contribution >= 4 is 11.9 Å². The van der Waals surface area contributed by atoms with Crippen molar-refractivity contribution < 1.29 is 23.6 Å². The van der Waals surface area contributed by atoms with Gasteiger partial charge in [-0.2, -0.15) is 4.98 Å². The number of nitrogens with one attached hydrogen (secondary N) is 1. The van der Waals surface area contributed by atoms with Crippen molar-refractivity contribution in [1.29, 1.82) is 0 Å². The Morgan fingerprint density at radius 2 is 2.27 bits per heavy atom. The predicted molar refractivity (Wildman–Crippen MR) is 74.8 cm³/mol. The van der Waals surface area contributed by atoms with E-state index >= 15 is 0 Å². The Balaban J connectivity index is 1.85. The number of amides is 1. The van der Waals surface area contributed by atoms with Crippen LogP contribution in [0.15, 0.2) is 27.5 Å². The lowest BCUT2D eigenvalue weighted by molar-refractivity contribution is -0.142. The molecule has 0 saturated heterocycles. The van der Waals surface area contributed by atoms with E-state index < -0.39 is 12.0 Å². The molecule has 0 aromatic carbocycles. The highest BCUT2D eigenvalue weighted by molar-refractivity contribution is 5.83. The first kappa shape index (κ1) is 15.7. The lowest BCUT2D eigenvalue weighted by atomic mass is 10.1. The van der Waals surface area contributed by atoms with Crippen LogP contribution >= 0.6 is 0 Å². The maximum atomic E-state index is 11.8. The molecule has 8 heteroatoms. The van der Waals surface area contributed by atoms with Crippen LogP contribution in [0.2, 0.25) is 0 Å². The molecular formula is C14H17N3O5. The molecule has 8 nitrogen and oxygen atoms in total. The second-order valence-corrected chi connectivity index (χ2v) is 4.77. The molecule has 0 aliphatic carbocycles. The Bertz CT molecular complexity index is 620. The summed E-state index contributed by atoms with van der Waals surface area (Å²) in [5.74, 6) is -0.689. The maximum Gasteiger partial charge on any atom is 0.326 e. The summed E-state index contributed by atoms with van der Waals surface area (Å²) in [6.45, 7) is 1.86. The van der Waals surface area contributed by atoms with Gasteiger partial charge in [-0.25, -0.2) is 4.79 Å². The van der Waals surface area contributed by atoms with Crippen LogP contribution in [0.25, 0.3) is 11.4 Å². The Kier molecular flexibility index (Phi) is 5.29. The topological polar surface area (TPSA) is 118 Å². The van der Waals surface area contributed by atoms with Gasteiger partial charge in [0.2, 0.25) is 17.6 Å². The molecule has 2 N–H and O–H groups in total. The minimum Gasteiger partial charge on any atom is -0.480 e. The fourth-order valence-corrected chi connectivity index (χ4v) is 1.90. The zero-order valence-corrected chi connectivity index (χ0v) is 12.1. The van der Waals surface area contributed by atoms with Crippen LogP contribution in [0.4, 0.5) is 0 Å². The standard InChI is InChI=1S/C14H17N3O5/c1-2-3-10(14(19)20)15-11(18)4-5-12-16-13(17-22-12)9-6-7-21-8-9/h6-8,10H,2-5H2,1H3,(H,15,18)(H,19,20). The molecule has 1 unspecified atom stereocenters. The number of carbonyl (C=O) groups excluding carboxylic acids is 1. The smallest absolute Gasteiger partial charge is 0.326 e. The van der Waals surface area contributed by atoms with Crippen molar-refractivity contribution in [3.63, 3.8) is 0 Å². The van der Waals surface area contributed by atoms with E-state index in [2.05, 4.69) is 15.5 Å². The Labute approximate surface area is 126 Å². The van der Waals surface area contributed by atoms with E-state index in [1.165, 1.54) is 12.5 Å². The minimum atomic E-state index is -1.03. The van der Waals surface area contributed by atoms with Crippen molar-refractivity contribution in [3.8, 4) is 11.4 Å². The number of furan rings is 1. The number of carboxylic acids is 1. The molecule has 0 spiro atoms. The Morgan fingerprint density at radius 3 is 2.91 bits per heavy atom. The Morgan fingerprint density at radius 1 is 1.45 bits per heavy atom. The van der Waals surface area contributed by atoms with E-state index in [1.807, 2.05) is 6.92 Å². The molecule has 0 aliphatic rings. The number of aryl methyl sites for hydroxylation is 1. The van der Waals surface area contributed by atoms with E-state index in [4.69, 9.17) is 14.0 Å². The number of hydrogen-bond donors (Lipinski definition) is 2. The van der Waals surface area contributed by atoms with Crippen molar-refractivity contribution in [2.24, 2.45) is 0 Å². The van der Waals surface area contributed by atoms with Gasteiger partial charge in [0.05, 0.1) is 11.8 Å². The highest BCUT2D eigenvalue weighted by atomic mass is 16.5. The van der Waals surface area contributed by atoms with Gasteiger partial charge in [-0.3, -0.25) is 4.79 Å². The molecule has 0 saturated carbocycles. The molecule has 0 radical (unpaired) electrons. The molecule has 1 atom stereocenters. The number of nitrogens with zero attached hydrogens (tertiary/aromatic N) is 2. The molecule has 2 rings (SSSR count). The van der Waals surface area contributed by atoms with Gasteiger partial charge in [-0.15, -0.1) is 0 Å². The zero-order chi connectivity index (χ0) is 15.9. The highest BCUT2D eigenvalue weighted by Gasteiger charge is 2.19. The number of hydrogen-bond acceptors (Lipinski definition) is 6. The van der Waals surface area contributed by atoms with Gasteiger partial charge >= 0.3 is 5.97 Å². The minimum absolute atomic E-state index is 0.0838. The average molecular weight is 307 g/mol. The summed E-state index contributed by atoms with van der Waals surface area (Å²) in [6.07, 6.45) is 4.39. The van der Waals surface area contributed by atoms with E-state index in [0.29, 0.717) is 30.1 Å². The van der Waals surface area contributed by atoms with Crippen LogP contribution in [0.5, 0.6) is 0 Å². The van der Waals surface area contributed by atoms with Crippen LogP contribution < -0.4 is 5.32 Å². The summed E-state index contributed by atoms with van der Waals surface area (Å²) in [6, 6.07) is 0.838. The number of carboxylic acid groups (broad SMARTS) is 1. The molecule has 2 heterocycles. The lowest BCUT2D eigenvalue weighted by Gasteiger charge is -2.12. The average Bonchev–Trinajstić information content (AvgIpc) is 3.15. The van der Waals surface area contributed by atoms with Gasteiger partial charge in [-0.05, 0) is 12.5 Å². The molecule has 2 aromatic rings. The molecule has 2 aromatic heterocycles. The van der Waals surface area contributed by atoms with E-state index in [9.17, 15) is 9.59 Å². The van der Waals surface area contributed by atoms with Crippen LogP contribution in [-0.4, -0.2) is 33.2 Å². The molecule has 0 fully saturated rings. The van der Waals surface area contributed by atoms with Crippen molar-refractivity contribution in [2.75, 3.05) is 0 Å². The van der Waals surface area contributed by atoms with Crippen molar-refractivity contribution in [2.45, 2.75) is 38.6 Å². The maximum absolute atomic E-state index is 11.8. The third-order valence-electron chi connectivity index (χ3n) is 3.02. The molecule has 22 heavy (non-hydrogen) atoms. The van der Waals surface area contributed by atoms with Crippen LogP contribution in [0, 0.1) is 0 Å². The van der Waals surface area contributed by atoms with Gasteiger partial charge in [-0.1, -0.05) is 18.5 Å².